The summed E-state index contributed by atoms with van der Waals surface area (Å²) in [4.78, 5) is 27.4. The zero-order valence-corrected chi connectivity index (χ0v) is 16.2. The maximum absolute atomic E-state index is 12.7. The molecule has 2 aliphatic rings. The zero-order valence-electron chi connectivity index (χ0n) is 15.4. The van der Waals surface area contributed by atoms with E-state index in [2.05, 4.69) is 11.4 Å². The Kier molecular flexibility index (Phi) is 5.16. The lowest BCUT2D eigenvalue weighted by atomic mass is 10.0. The highest BCUT2D eigenvalue weighted by atomic mass is 32.1. The Morgan fingerprint density at radius 3 is 2.82 bits per heavy atom. The molecule has 0 radical (unpaired) electrons. The molecule has 2 atom stereocenters. The second-order valence-corrected chi connectivity index (χ2v) is 8.31. The van der Waals surface area contributed by atoms with E-state index in [-0.39, 0.29) is 36.7 Å². The van der Waals surface area contributed by atoms with Crippen molar-refractivity contribution in [3.05, 3.63) is 51.9 Å². The zero-order chi connectivity index (χ0) is 19.7. The number of fused-ring (bicyclic) bond motifs is 1. The third kappa shape index (κ3) is 3.53. The van der Waals surface area contributed by atoms with Gasteiger partial charge in [-0.3, -0.25) is 9.59 Å². The molecule has 28 heavy (non-hydrogen) atoms. The predicted octanol–water partition coefficient (Wildman–Crippen LogP) is 2.63. The van der Waals surface area contributed by atoms with Gasteiger partial charge in [0.25, 0.3) is 0 Å². The first-order valence-electron chi connectivity index (χ1n) is 9.41. The SMILES string of the molecule is N#Cc1c(NC(=O)[C@@H]2C[C@@H]2c2ccccc2)sc2c1CCN(C(=O)CCO)C2. The Labute approximate surface area is 167 Å². The molecular weight excluding hydrogens is 374 g/mol. The number of benzene rings is 1. The number of aliphatic hydroxyl groups is 1. The Morgan fingerprint density at radius 2 is 2.11 bits per heavy atom. The van der Waals surface area contributed by atoms with Gasteiger partial charge in [-0.25, -0.2) is 0 Å². The number of nitrogens with zero attached hydrogens (tertiary/aromatic N) is 2. The van der Waals surface area contributed by atoms with Crippen molar-refractivity contribution in [2.45, 2.75) is 31.7 Å². The Bertz CT molecular complexity index is 948. The van der Waals surface area contributed by atoms with E-state index >= 15 is 0 Å². The van der Waals surface area contributed by atoms with Gasteiger partial charge in [-0.15, -0.1) is 11.3 Å². The van der Waals surface area contributed by atoms with Gasteiger partial charge < -0.3 is 15.3 Å². The van der Waals surface area contributed by atoms with Crippen molar-refractivity contribution in [1.82, 2.24) is 4.90 Å². The van der Waals surface area contributed by atoms with E-state index in [0.717, 1.165) is 16.9 Å². The van der Waals surface area contributed by atoms with Crippen LogP contribution in [0.25, 0.3) is 0 Å². The molecule has 6 nitrogen and oxygen atoms in total. The lowest BCUT2D eigenvalue weighted by Crippen LogP contribution is -2.35. The van der Waals surface area contributed by atoms with E-state index in [9.17, 15) is 14.9 Å². The molecule has 7 heteroatoms. The summed E-state index contributed by atoms with van der Waals surface area (Å²) in [6.45, 7) is 0.796. The van der Waals surface area contributed by atoms with Crippen LogP contribution in [-0.2, 0) is 22.6 Å². The highest BCUT2D eigenvalue weighted by molar-refractivity contribution is 7.16. The van der Waals surface area contributed by atoms with E-state index in [4.69, 9.17) is 5.11 Å². The summed E-state index contributed by atoms with van der Waals surface area (Å²) in [5, 5.41) is 22.1. The van der Waals surface area contributed by atoms with Crippen LogP contribution in [-0.4, -0.2) is 35.0 Å². The molecule has 1 aromatic carbocycles. The molecule has 1 fully saturated rings. The fourth-order valence-electron chi connectivity index (χ4n) is 3.83. The van der Waals surface area contributed by atoms with E-state index < -0.39 is 0 Å². The van der Waals surface area contributed by atoms with Gasteiger partial charge in [0.1, 0.15) is 11.1 Å². The minimum atomic E-state index is -0.165. The first kappa shape index (κ1) is 18.7. The number of hydrogen-bond donors (Lipinski definition) is 2. The van der Waals surface area contributed by atoms with Crippen molar-refractivity contribution in [3.63, 3.8) is 0 Å². The number of nitrogens with one attached hydrogen (secondary N) is 1. The first-order chi connectivity index (χ1) is 13.6. The van der Waals surface area contributed by atoms with Gasteiger partial charge in [0.2, 0.25) is 11.8 Å². The number of carbonyl (C=O) groups excluding carboxylic acids is 2. The number of aliphatic hydroxyl groups excluding tert-OH is 1. The fraction of sp³-hybridized carbons (Fsp3) is 0.381. The molecule has 0 unspecified atom stereocenters. The van der Waals surface area contributed by atoms with Gasteiger partial charge in [0, 0.05) is 23.8 Å². The maximum Gasteiger partial charge on any atom is 0.228 e. The normalized spacial score (nSPS) is 20.2. The molecule has 2 N–H and O–H groups in total. The standard InChI is InChI=1S/C21H21N3O3S/c22-11-17-14-6-8-24(19(26)7-9-25)12-18(14)28-21(17)23-20(27)16-10-15(16)13-4-2-1-3-5-13/h1-5,15-16,25H,6-10,12H2,(H,23,27)/t15-,16-/m1/s1. The van der Waals surface area contributed by atoms with Gasteiger partial charge in [-0.2, -0.15) is 5.26 Å². The average molecular weight is 395 g/mol. The molecule has 1 aliphatic carbocycles. The van der Waals surface area contributed by atoms with Crippen molar-refractivity contribution in [3.8, 4) is 6.07 Å². The highest BCUT2D eigenvalue weighted by Crippen LogP contribution is 2.48. The van der Waals surface area contributed by atoms with E-state index in [1.54, 1.807) is 4.90 Å². The van der Waals surface area contributed by atoms with Crippen molar-refractivity contribution >= 4 is 28.2 Å². The van der Waals surface area contributed by atoms with Crippen LogP contribution in [0.1, 0.15) is 40.3 Å². The first-order valence-corrected chi connectivity index (χ1v) is 10.2. The number of amides is 2. The number of hydrogen-bond acceptors (Lipinski definition) is 5. The molecule has 2 aromatic rings. The molecule has 144 valence electrons. The summed E-state index contributed by atoms with van der Waals surface area (Å²) in [5.74, 6) is 0.0510. The van der Waals surface area contributed by atoms with Crippen LogP contribution in [0.2, 0.25) is 0 Å². The number of thiophene rings is 1. The minimum Gasteiger partial charge on any atom is -0.396 e. The Balaban J connectivity index is 1.47. The van der Waals surface area contributed by atoms with Gasteiger partial charge in [0.05, 0.1) is 18.7 Å². The van der Waals surface area contributed by atoms with E-state index in [1.807, 2.05) is 30.3 Å². The molecule has 0 saturated heterocycles. The Morgan fingerprint density at radius 1 is 1.32 bits per heavy atom. The molecule has 1 saturated carbocycles. The topological polar surface area (TPSA) is 93.4 Å². The van der Waals surface area contributed by atoms with Gasteiger partial charge in [0.15, 0.2) is 0 Å². The summed E-state index contributed by atoms with van der Waals surface area (Å²) in [7, 11) is 0. The number of carbonyl (C=O) groups is 2. The van der Waals surface area contributed by atoms with Crippen molar-refractivity contribution in [1.29, 1.82) is 5.26 Å². The molecule has 2 heterocycles. The molecule has 1 aromatic heterocycles. The molecule has 0 bridgehead atoms. The highest BCUT2D eigenvalue weighted by Gasteiger charge is 2.44. The van der Waals surface area contributed by atoms with Gasteiger partial charge in [-0.05, 0) is 29.9 Å². The molecule has 1 aliphatic heterocycles. The lowest BCUT2D eigenvalue weighted by molar-refractivity contribution is -0.132. The van der Waals surface area contributed by atoms with Gasteiger partial charge >= 0.3 is 0 Å². The molecule has 4 rings (SSSR count). The largest absolute Gasteiger partial charge is 0.396 e. The molecular formula is C21H21N3O3S. The van der Waals surface area contributed by atoms with Crippen LogP contribution in [0.15, 0.2) is 30.3 Å². The minimum absolute atomic E-state index is 0.0443. The van der Waals surface area contributed by atoms with Crippen LogP contribution in [0.3, 0.4) is 0 Å². The van der Waals surface area contributed by atoms with Crippen molar-refractivity contribution < 1.29 is 14.7 Å². The number of anilines is 1. The Hall–Kier alpha value is -2.69. The van der Waals surface area contributed by atoms with Gasteiger partial charge in [-0.1, -0.05) is 30.3 Å². The quantitative estimate of drug-likeness (QED) is 0.814. The lowest BCUT2D eigenvalue weighted by Gasteiger charge is -2.26. The van der Waals surface area contributed by atoms with Crippen LogP contribution in [0.5, 0.6) is 0 Å². The van der Waals surface area contributed by atoms with Crippen LogP contribution >= 0.6 is 11.3 Å². The summed E-state index contributed by atoms with van der Waals surface area (Å²) in [5.41, 5.74) is 2.64. The smallest absolute Gasteiger partial charge is 0.228 e. The number of nitriles is 1. The van der Waals surface area contributed by atoms with Crippen molar-refractivity contribution in [2.75, 3.05) is 18.5 Å². The molecule has 0 spiro atoms. The summed E-state index contributed by atoms with van der Waals surface area (Å²) < 4.78 is 0. The van der Waals surface area contributed by atoms with E-state index in [0.29, 0.717) is 30.1 Å². The van der Waals surface area contributed by atoms with Crippen LogP contribution in [0, 0.1) is 17.2 Å². The average Bonchev–Trinajstić information content (AvgIpc) is 3.44. The second kappa shape index (κ2) is 7.74. The summed E-state index contributed by atoms with van der Waals surface area (Å²) in [6.07, 6.45) is 1.53. The van der Waals surface area contributed by atoms with Crippen LogP contribution < -0.4 is 5.32 Å². The third-order valence-corrected chi connectivity index (χ3v) is 6.57. The maximum atomic E-state index is 12.7. The monoisotopic (exact) mass is 395 g/mol. The number of rotatable bonds is 5. The molecule has 2 amide bonds. The van der Waals surface area contributed by atoms with Crippen LogP contribution in [0.4, 0.5) is 5.00 Å². The summed E-state index contributed by atoms with van der Waals surface area (Å²) >= 11 is 1.39. The fourth-order valence-corrected chi connectivity index (χ4v) is 5.05. The van der Waals surface area contributed by atoms with Crippen molar-refractivity contribution in [2.24, 2.45) is 5.92 Å². The second-order valence-electron chi connectivity index (χ2n) is 7.21. The summed E-state index contributed by atoms with van der Waals surface area (Å²) in [6, 6.07) is 12.2. The third-order valence-electron chi connectivity index (χ3n) is 5.44. The predicted molar refractivity (Wildman–Crippen MR) is 106 cm³/mol. The van der Waals surface area contributed by atoms with E-state index in [1.165, 1.54) is 16.9 Å².